The fourth-order valence-electron chi connectivity index (χ4n) is 6.02. The first kappa shape index (κ1) is 31.1. The zero-order chi connectivity index (χ0) is 30.8. The lowest BCUT2D eigenvalue weighted by Gasteiger charge is -2.41. The minimum atomic E-state index is -4.57. The summed E-state index contributed by atoms with van der Waals surface area (Å²) in [5.74, 6) is 0.0568. The number of sulfonamides is 1. The summed E-state index contributed by atoms with van der Waals surface area (Å²) in [6.45, 7) is -0.0600. The number of nitrogens with zero attached hydrogens (tertiary/aromatic N) is 3. The Labute approximate surface area is 249 Å². The molecule has 0 saturated carbocycles. The molecule has 9 nitrogen and oxygen atoms in total. The van der Waals surface area contributed by atoms with Crippen molar-refractivity contribution in [3.63, 3.8) is 0 Å². The van der Waals surface area contributed by atoms with Crippen molar-refractivity contribution in [2.45, 2.75) is 63.3 Å². The van der Waals surface area contributed by atoms with Gasteiger partial charge in [0, 0.05) is 56.0 Å². The number of ether oxygens (including phenoxy) is 2. The number of benzene rings is 2. The average Bonchev–Trinajstić information content (AvgIpc) is 2.96. The van der Waals surface area contributed by atoms with Gasteiger partial charge in [-0.25, -0.2) is 12.7 Å². The third kappa shape index (κ3) is 7.80. The molecule has 3 aliphatic rings. The fourth-order valence-corrected chi connectivity index (χ4v) is 6.90. The number of hydrogen-bond acceptors (Lipinski definition) is 6. The van der Waals surface area contributed by atoms with Crippen molar-refractivity contribution < 1.29 is 40.7 Å². The van der Waals surface area contributed by atoms with E-state index in [0.29, 0.717) is 76.0 Å². The quantitative estimate of drug-likeness (QED) is 0.442. The van der Waals surface area contributed by atoms with Crippen molar-refractivity contribution in [3.05, 3.63) is 53.6 Å². The summed E-state index contributed by atoms with van der Waals surface area (Å²) in [7, 11) is -3.30. The van der Waals surface area contributed by atoms with Crippen LogP contribution in [0.15, 0.2) is 42.5 Å². The van der Waals surface area contributed by atoms with Crippen LogP contribution in [0.3, 0.4) is 0 Å². The van der Waals surface area contributed by atoms with Crippen LogP contribution in [0.1, 0.15) is 43.2 Å². The normalized spacial score (nSPS) is 19.3. The zero-order valence-electron chi connectivity index (χ0n) is 24.0. The highest BCUT2D eigenvalue weighted by Gasteiger charge is 2.34. The van der Waals surface area contributed by atoms with Gasteiger partial charge in [-0.05, 0) is 49.8 Å². The van der Waals surface area contributed by atoms with Gasteiger partial charge < -0.3 is 19.3 Å². The van der Waals surface area contributed by atoms with Crippen molar-refractivity contribution in [2.24, 2.45) is 0 Å². The fraction of sp³-hybridized carbons (Fsp3) is 0.533. The summed E-state index contributed by atoms with van der Waals surface area (Å²) in [6.07, 6.45) is -0.602. The number of likely N-dealkylation sites (tertiary alicyclic amines) is 1. The molecule has 0 aromatic heterocycles. The van der Waals surface area contributed by atoms with Crippen LogP contribution in [0.25, 0.3) is 0 Å². The van der Waals surface area contributed by atoms with E-state index in [1.807, 2.05) is 29.2 Å². The van der Waals surface area contributed by atoms with Crippen molar-refractivity contribution in [3.8, 4) is 11.5 Å². The predicted molar refractivity (Wildman–Crippen MR) is 154 cm³/mol. The highest BCUT2D eigenvalue weighted by atomic mass is 32.2. The Kier molecular flexibility index (Phi) is 9.21. The molecule has 0 spiro atoms. The first-order valence-corrected chi connectivity index (χ1v) is 16.3. The number of amides is 2. The number of carbonyl (C=O) groups excluding carboxylic acids is 2. The molecule has 2 fully saturated rings. The number of anilines is 1. The molecule has 0 aliphatic carbocycles. The standard InChI is InChI=1S/C30H36F3N3O6S/c1-43(39,40)35-16-12-24(13-17-35)42-25-8-6-22(27(19-25)41-20-30(31,32)33)18-29(38)34-14-10-23(11-15-34)36-26-5-3-2-4-21(26)7-9-28(36)37/h2-6,8,19,23-24H,7,9-18,20H2,1H3. The molecule has 2 saturated heterocycles. The Balaban J connectivity index is 1.22. The molecule has 5 rings (SSSR count). The third-order valence-corrected chi connectivity index (χ3v) is 9.56. The molecule has 43 heavy (non-hydrogen) atoms. The van der Waals surface area contributed by atoms with Crippen molar-refractivity contribution >= 4 is 27.5 Å². The van der Waals surface area contributed by atoms with Crippen molar-refractivity contribution in [2.75, 3.05) is 43.9 Å². The van der Waals surface area contributed by atoms with E-state index in [9.17, 15) is 31.2 Å². The minimum Gasteiger partial charge on any atom is -0.490 e. The van der Waals surface area contributed by atoms with E-state index < -0.39 is 22.8 Å². The van der Waals surface area contributed by atoms with Crippen LogP contribution in [0.5, 0.6) is 11.5 Å². The van der Waals surface area contributed by atoms with Gasteiger partial charge >= 0.3 is 6.18 Å². The lowest BCUT2D eigenvalue weighted by Crippen LogP contribution is -2.50. The van der Waals surface area contributed by atoms with E-state index in [-0.39, 0.29) is 36.1 Å². The molecule has 0 radical (unpaired) electrons. The van der Waals surface area contributed by atoms with Crippen LogP contribution >= 0.6 is 0 Å². The molecule has 0 N–H and O–H groups in total. The van der Waals surface area contributed by atoms with Gasteiger partial charge in [0.15, 0.2) is 6.61 Å². The van der Waals surface area contributed by atoms with Gasteiger partial charge in [0.1, 0.15) is 17.6 Å². The summed E-state index contributed by atoms with van der Waals surface area (Å²) in [4.78, 5) is 29.6. The summed E-state index contributed by atoms with van der Waals surface area (Å²) < 4.78 is 75.1. The van der Waals surface area contributed by atoms with E-state index >= 15 is 0 Å². The molecule has 2 aromatic carbocycles. The first-order valence-electron chi connectivity index (χ1n) is 14.5. The number of aryl methyl sites for hydroxylation is 1. The maximum absolute atomic E-state index is 13.3. The van der Waals surface area contributed by atoms with Gasteiger partial charge in [-0.15, -0.1) is 0 Å². The van der Waals surface area contributed by atoms with E-state index in [2.05, 4.69) is 0 Å². The summed E-state index contributed by atoms with van der Waals surface area (Å²) in [5.41, 5.74) is 2.38. The SMILES string of the molecule is CS(=O)(=O)N1CCC(Oc2ccc(CC(=O)N3CCC(N4C(=O)CCc5ccccc54)CC3)c(OCC(F)(F)F)c2)CC1. The lowest BCUT2D eigenvalue weighted by molar-refractivity contribution is -0.153. The molecular formula is C30H36F3N3O6S. The monoisotopic (exact) mass is 623 g/mol. The number of para-hydroxylation sites is 1. The van der Waals surface area contributed by atoms with Crippen LogP contribution in [0.4, 0.5) is 18.9 Å². The summed E-state index contributed by atoms with van der Waals surface area (Å²) in [6, 6.07) is 12.3. The summed E-state index contributed by atoms with van der Waals surface area (Å²) >= 11 is 0. The largest absolute Gasteiger partial charge is 0.490 e. The molecule has 2 amide bonds. The minimum absolute atomic E-state index is 0.0237. The van der Waals surface area contributed by atoms with E-state index in [1.54, 1.807) is 17.0 Å². The van der Waals surface area contributed by atoms with Crippen LogP contribution < -0.4 is 14.4 Å². The smallest absolute Gasteiger partial charge is 0.422 e. The number of halogens is 3. The third-order valence-electron chi connectivity index (χ3n) is 8.25. The van der Waals surface area contributed by atoms with Crippen LogP contribution in [0.2, 0.25) is 0 Å². The van der Waals surface area contributed by atoms with E-state index in [4.69, 9.17) is 9.47 Å². The number of alkyl halides is 3. The predicted octanol–water partition coefficient (Wildman–Crippen LogP) is 3.94. The number of rotatable bonds is 8. The number of hydrogen-bond donors (Lipinski definition) is 0. The Morgan fingerprint density at radius 3 is 2.35 bits per heavy atom. The van der Waals surface area contributed by atoms with E-state index in [0.717, 1.165) is 17.5 Å². The van der Waals surface area contributed by atoms with Gasteiger partial charge in [0.2, 0.25) is 21.8 Å². The molecule has 13 heteroatoms. The average molecular weight is 624 g/mol. The summed E-state index contributed by atoms with van der Waals surface area (Å²) in [5, 5.41) is 0. The second kappa shape index (κ2) is 12.7. The molecule has 234 valence electrons. The highest BCUT2D eigenvalue weighted by molar-refractivity contribution is 7.88. The zero-order valence-corrected chi connectivity index (χ0v) is 24.8. The maximum Gasteiger partial charge on any atom is 0.422 e. The Hall–Kier alpha value is -3.32. The van der Waals surface area contributed by atoms with Crippen LogP contribution in [0, 0.1) is 0 Å². The topological polar surface area (TPSA) is 96.5 Å². The molecule has 0 unspecified atom stereocenters. The van der Waals surface area contributed by atoms with Gasteiger partial charge in [-0.3, -0.25) is 9.59 Å². The van der Waals surface area contributed by atoms with Gasteiger partial charge in [-0.1, -0.05) is 24.3 Å². The Bertz CT molecular complexity index is 1430. The van der Waals surface area contributed by atoms with Crippen molar-refractivity contribution in [1.29, 1.82) is 0 Å². The molecule has 2 aromatic rings. The van der Waals surface area contributed by atoms with Crippen LogP contribution in [-0.2, 0) is 32.5 Å². The highest BCUT2D eigenvalue weighted by Crippen LogP contribution is 2.33. The molecule has 0 bridgehead atoms. The Morgan fingerprint density at radius 2 is 1.67 bits per heavy atom. The van der Waals surface area contributed by atoms with Gasteiger partial charge in [0.25, 0.3) is 0 Å². The number of carbonyl (C=O) groups is 2. The first-order chi connectivity index (χ1) is 20.4. The maximum atomic E-state index is 13.3. The van der Waals surface area contributed by atoms with Gasteiger partial charge in [-0.2, -0.15) is 13.2 Å². The Morgan fingerprint density at radius 1 is 0.977 bits per heavy atom. The van der Waals surface area contributed by atoms with Crippen molar-refractivity contribution in [1.82, 2.24) is 9.21 Å². The number of piperidine rings is 2. The molecule has 3 aliphatic heterocycles. The molecule has 3 heterocycles. The lowest BCUT2D eigenvalue weighted by atomic mass is 9.95. The number of fused-ring (bicyclic) bond motifs is 1. The van der Waals surface area contributed by atoms with E-state index in [1.165, 1.54) is 10.4 Å². The second-order valence-corrected chi connectivity index (χ2v) is 13.3. The van der Waals surface area contributed by atoms with Gasteiger partial charge in [0.05, 0.1) is 12.7 Å². The molecular weight excluding hydrogens is 587 g/mol. The molecule has 0 atom stereocenters. The van der Waals surface area contributed by atoms with Crippen LogP contribution in [-0.4, -0.2) is 86.8 Å². The second-order valence-electron chi connectivity index (χ2n) is 11.3.